The second kappa shape index (κ2) is 10.7. The Morgan fingerprint density at radius 3 is 2.38 bits per heavy atom. The normalized spacial score (nSPS) is 13.1. The lowest BCUT2D eigenvalue weighted by Gasteiger charge is -1.99. The summed E-state index contributed by atoms with van der Waals surface area (Å²) in [5.41, 5.74) is 0. The first-order valence-electron chi connectivity index (χ1n) is 6.17. The molecule has 0 aromatic rings. The summed E-state index contributed by atoms with van der Waals surface area (Å²) >= 11 is 0. The zero-order chi connectivity index (χ0) is 12.2. The molecule has 1 unspecified atom stereocenters. The summed E-state index contributed by atoms with van der Waals surface area (Å²) in [6.07, 6.45) is 11.3. The van der Waals surface area contributed by atoms with Gasteiger partial charge in [-0.05, 0) is 32.6 Å². The van der Waals surface area contributed by atoms with Gasteiger partial charge < -0.3 is 10.2 Å². The summed E-state index contributed by atoms with van der Waals surface area (Å²) in [5, 5.41) is 17.4. The number of aliphatic hydroxyl groups excluding tert-OH is 1. The minimum Gasteiger partial charge on any atom is -0.481 e. The predicted octanol–water partition coefficient (Wildman–Crippen LogP) is 3.13. The van der Waals surface area contributed by atoms with Crippen LogP contribution in [0.15, 0.2) is 12.2 Å². The molecule has 0 rings (SSSR count). The van der Waals surface area contributed by atoms with E-state index in [0.717, 1.165) is 38.5 Å². The molecule has 16 heavy (non-hydrogen) atoms. The highest BCUT2D eigenvalue weighted by molar-refractivity contribution is 5.66. The van der Waals surface area contributed by atoms with Gasteiger partial charge in [-0.1, -0.05) is 31.4 Å². The average molecular weight is 228 g/mol. The lowest BCUT2D eigenvalue weighted by molar-refractivity contribution is -0.137. The number of unbranched alkanes of at least 4 members (excludes halogenated alkanes) is 5. The Bertz CT molecular complexity index is 197. The third kappa shape index (κ3) is 13.2. The van der Waals surface area contributed by atoms with E-state index in [2.05, 4.69) is 6.08 Å². The first kappa shape index (κ1) is 15.2. The fraction of sp³-hybridized carbons (Fsp3) is 0.769. The summed E-state index contributed by atoms with van der Waals surface area (Å²) in [6, 6.07) is 0. The first-order valence-corrected chi connectivity index (χ1v) is 6.17. The van der Waals surface area contributed by atoms with Crippen LogP contribution in [0.1, 0.15) is 58.3 Å². The van der Waals surface area contributed by atoms with Crippen molar-refractivity contribution in [3.63, 3.8) is 0 Å². The number of carboxylic acids is 1. The van der Waals surface area contributed by atoms with E-state index in [1.54, 1.807) is 6.92 Å². The van der Waals surface area contributed by atoms with Crippen LogP contribution in [0.5, 0.6) is 0 Å². The van der Waals surface area contributed by atoms with Crippen LogP contribution in [0.2, 0.25) is 0 Å². The van der Waals surface area contributed by atoms with E-state index in [-0.39, 0.29) is 6.10 Å². The molecule has 0 saturated heterocycles. The molecule has 0 bridgehead atoms. The smallest absolute Gasteiger partial charge is 0.303 e. The Kier molecular flexibility index (Phi) is 10.1. The lowest BCUT2D eigenvalue weighted by atomic mass is 10.1. The zero-order valence-electron chi connectivity index (χ0n) is 10.2. The van der Waals surface area contributed by atoms with E-state index in [1.807, 2.05) is 6.08 Å². The number of aliphatic carboxylic acids is 1. The SMILES string of the molecule is CC(O)CC=CCCCCCCCC(=O)O. The third-order valence-electron chi connectivity index (χ3n) is 2.41. The summed E-state index contributed by atoms with van der Waals surface area (Å²) < 4.78 is 0. The van der Waals surface area contributed by atoms with Gasteiger partial charge in [0.05, 0.1) is 6.10 Å². The van der Waals surface area contributed by atoms with Gasteiger partial charge in [0.15, 0.2) is 0 Å². The van der Waals surface area contributed by atoms with Crippen LogP contribution in [0.4, 0.5) is 0 Å². The highest BCUT2D eigenvalue weighted by atomic mass is 16.4. The molecule has 0 amide bonds. The van der Waals surface area contributed by atoms with Gasteiger partial charge in [-0.2, -0.15) is 0 Å². The number of hydrogen-bond donors (Lipinski definition) is 2. The molecule has 3 nitrogen and oxygen atoms in total. The monoisotopic (exact) mass is 228 g/mol. The average Bonchev–Trinajstić information content (AvgIpc) is 2.20. The fourth-order valence-electron chi connectivity index (χ4n) is 1.48. The first-order chi connectivity index (χ1) is 7.63. The van der Waals surface area contributed by atoms with Gasteiger partial charge in [0.2, 0.25) is 0 Å². The van der Waals surface area contributed by atoms with Crippen LogP contribution >= 0.6 is 0 Å². The van der Waals surface area contributed by atoms with E-state index in [9.17, 15) is 4.79 Å². The van der Waals surface area contributed by atoms with Gasteiger partial charge in [0, 0.05) is 6.42 Å². The van der Waals surface area contributed by atoms with Crippen molar-refractivity contribution in [3.05, 3.63) is 12.2 Å². The number of carboxylic acid groups (broad SMARTS) is 1. The van der Waals surface area contributed by atoms with E-state index >= 15 is 0 Å². The summed E-state index contributed by atoms with van der Waals surface area (Å²) in [7, 11) is 0. The summed E-state index contributed by atoms with van der Waals surface area (Å²) in [4.78, 5) is 10.2. The van der Waals surface area contributed by atoms with Crippen molar-refractivity contribution in [2.75, 3.05) is 0 Å². The van der Waals surface area contributed by atoms with Crippen molar-refractivity contribution in [3.8, 4) is 0 Å². The molecule has 0 spiro atoms. The van der Waals surface area contributed by atoms with Gasteiger partial charge in [-0.15, -0.1) is 0 Å². The van der Waals surface area contributed by atoms with E-state index < -0.39 is 5.97 Å². The Labute approximate surface area is 98.2 Å². The minimum absolute atomic E-state index is 0.243. The molecule has 2 N–H and O–H groups in total. The number of allylic oxidation sites excluding steroid dienone is 1. The molecule has 0 aliphatic carbocycles. The van der Waals surface area contributed by atoms with Crippen molar-refractivity contribution in [2.24, 2.45) is 0 Å². The van der Waals surface area contributed by atoms with E-state index in [0.29, 0.717) is 6.42 Å². The third-order valence-corrected chi connectivity index (χ3v) is 2.41. The van der Waals surface area contributed by atoms with E-state index in [1.165, 1.54) is 6.42 Å². The van der Waals surface area contributed by atoms with E-state index in [4.69, 9.17) is 10.2 Å². The highest BCUT2D eigenvalue weighted by Crippen LogP contribution is 2.07. The van der Waals surface area contributed by atoms with Crippen molar-refractivity contribution < 1.29 is 15.0 Å². The molecule has 0 radical (unpaired) electrons. The van der Waals surface area contributed by atoms with Gasteiger partial charge in [-0.25, -0.2) is 0 Å². The van der Waals surface area contributed by atoms with Crippen molar-refractivity contribution >= 4 is 5.97 Å². The quantitative estimate of drug-likeness (QED) is 0.446. The molecule has 3 heteroatoms. The van der Waals surface area contributed by atoms with Crippen molar-refractivity contribution in [1.82, 2.24) is 0 Å². The number of aliphatic hydroxyl groups is 1. The van der Waals surface area contributed by atoms with Crippen LogP contribution in [0.3, 0.4) is 0 Å². The standard InChI is InChI=1S/C13H24O3/c1-12(14)10-8-6-4-2-3-5-7-9-11-13(15)16/h6,8,12,14H,2-5,7,9-11H2,1H3,(H,15,16). The summed E-state index contributed by atoms with van der Waals surface area (Å²) in [6.45, 7) is 1.78. The topological polar surface area (TPSA) is 57.5 Å². The van der Waals surface area contributed by atoms with Gasteiger partial charge in [0.1, 0.15) is 0 Å². The molecule has 1 atom stereocenters. The fourth-order valence-corrected chi connectivity index (χ4v) is 1.48. The molecule has 0 heterocycles. The van der Waals surface area contributed by atoms with Crippen LogP contribution in [0.25, 0.3) is 0 Å². The maximum Gasteiger partial charge on any atom is 0.303 e. The Balaban J connectivity index is 3.09. The van der Waals surface area contributed by atoms with Gasteiger partial charge in [0.25, 0.3) is 0 Å². The molecule has 0 fully saturated rings. The number of hydrogen-bond acceptors (Lipinski definition) is 2. The molecule has 0 aliphatic rings. The van der Waals surface area contributed by atoms with Gasteiger partial charge >= 0.3 is 5.97 Å². The second-order valence-electron chi connectivity index (χ2n) is 4.26. The van der Waals surface area contributed by atoms with Crippen LogP contribution < -0.4 is 0 Å². The minimum atomic E-state index is -0.693. The Morgan fingerprint density at radius 2 is 1.75 bits per heavy atom. The van der Waals surface area contributed by atoms with Crippen molar-refractivity contribution in [1.29, 1.82) is 0 Å². The molecule has 0 saturated carbocycles. The maximum atomic E-state index is 10.2. The number of carbonyl (C=O) groups is 1. The molecular formula is C13H24O3. The molecule has 0 aromatic heterocycles. The largest absolute Gasteiger partial charge is 0.481 e. The second-order valence-corrected chi connectivity index (χ2v) is 4.26. The Hall–Kier alpha value is -0.830. The van der Waals surface area contributed by atoms with Crippen LogP contribution in [-0.2, 0) is 4.79 Å². The molecule has 0 aliphatic heterocycles. The predicted molar refractivity (Wildman–Crippen MR) is 65.4 cm³/mol. The summed E-state index contributed by atoms with van der Waals surface area (Å²) in [5.74, 6) is -0.693. The Morgan fingerprint density at radius 1 is 1.12 bits per heavy atom. The molecule has 0 aromatic carbocycles. The molecule has 94 valence electrons. The highest BCUT2D eigenvalue weighted by Gasteiger charge is 1.95. The van der Waals surface area contributed by atoms with Gasteiger partial charge in [-0.3, -0.25) is 4.79 Å². The maximum absolute atomic E-state index is 10.2. The van der Waals surface area contributed by atoms with Crippen LogP contribution in [0, 0.1) is 0 Å². The zero-order valence-corrected chi connectivity index (χ0v) is 10.2. The van der Waals surface area contributed by atoms with Crippen LogP contribution in [-0.4, -0.2) is 22.3 Å². The lowest BCUT2D eigenvalue weighted by Crippen LogP contribution is -1.95. The molecular weight excluding hydrogens is 204 g/mol. The van der Waals surface area contributed by atoms with Crippen molar-refractivity contribution in [2.45, 2.75) is 64.4 Å². The number of rotatable bonds is 10.